The summed E-state index contributed by atoms with van der Waals surface area (Å²) >= 11 is 0. The smallest absolute Gasteiger partial charge is 0.307 e. The van der Waals surface area contributed by atoms with Crippen LogP contribution in [0.4, 0.5) is 0 Å². The zero-order valence-corrected chi connectivity index (χ0v) is 7.86. The fraction of sp³-hybridized carbons (Fsp3) is 0.364. The molecule has 3 N–H and O–H groups in total. The van der Waals surface area contributed by atoms with E-state index in [9.17, 15) is 4.79 Å². The molecule has 0 saturated heterocycles. The molecular weight excluding hydrogens is 178 g/mol. The van der Waals surface area contributed by atoms with Crippen LogP contribution in [0.25, 0.3) is 0 Å². The number of hydrogen-bond acceptors (Lipinski definition) is 2. The van der Waals surface area contributed by atoms with Crippen molar-refractivity contribution in [1.29, 1.82) is 0 Å². The van der Waals surface area contributed by atoms with Gasteiger partial charge in [0.05, 0.1) is 6.42 Å². The number of aliphatic carboxylic acids is 1. The number of carbonyl (C=O) groups is 1. The molecule has 74 valence electrons. The van der Waals surface area contributed by atoms with Gasteiger partial charge in [-0.1, -0.05) is 18.2 Å². The third-order valence-electron chi connectivity index (χ3n) is 2.59. The highest BCUT2D eigenvalue weighted by Crippen LogP contribution is 2.22. The normalized spacial score (nSPS) is 19.4. The SMILES string of the molecule is NC1Cc2ccc(CC(=O)O)cc2C1. The summed E-state index contributed by atoms with van der Waals surface area (Å²) in [5, 5.41) is 8.64. The fourth-order valence-electron chi connectivity index (χ4n) is 1.99. The highest BCUT2D eigenvalue weighted by Gasteiger charge is 2.18. The zero-order valence-electron chi connectivity index (χ0n) is 7.86. The second-order valence-electron chi connectivity index (χ2n) is 3.84. The van der Waals surface area contributed by atoms with Crippen LogP contribution in [0.5, 0.6) is 0 Å². The molecule has 3 heteroatoms. The molecule has 0 heterocycles. The molecular formula is C11H13NO2. The second-order valence-corrected chi connectivity index (χ2v) is 3.84. The van der Waals surface area contributed by atoms with Crippen molar-refractivity contribution in [3.63, 3.8) is 0 Å². The van der Waals surface area contributed by atoms with Gasteiger partial charge in [-0.25, -0.2) is 0 Å². The molecule has 0 radical (unpaired) electrons. The lowest BCUT2D eigenvalue weighted by Crippen LogP contribution is -2.18. The lowest BCUT2D eigenvalue weighted by molar-refractivity contribution is -0.136. The summed E-state index contributed by atoms with van der Waals surface area (Å²) in [5.74, 6) is -0.785. The summed E-state index contributed by atoms with van der Waals surface area (Å²) < 4.78 is 0. The summed E-state index contributed by atoms with van der Waals surface area (Å²) in [6.45, 7) is 0. The number of rotatable bonds is 2. The predicted octanol–water partition coefficient (Wildman–Crippen LogP) is 0.740. The Kier molecular flexibility index (Phi) is 2.25. The number of hydrogen-bond donors (Lipinski definition) is 2. The molecule has 14 heavy (non-hydrogen) atoms. The van der Waals surface area contributed by atoms with Crippen LogP contribution < -0.4 is 5.73 Å². The van der Waals surface area contributed by atoms with E-state index in [4.69, 9.17) is 10.8 Å². The van der Waals surface area contributed by atoms with Gasteiger partial charge in [0, 0.05) is 6.04 Å². The highest BCUT2D eigenvalue weighted by atomic mass is 16.4. The van der Waals surface area contributed by atoms with Crippen LogP contribution in [-0.4, -0.2) is 17.1 Å². The molecule has 0 spiro atoms. The van der Waals surface area contributed by atoms with Crippen molar-refractivity contribution in [2.45, 2.75) is 25.3 Å². The molecule has 0 aromatic heterocycles. The molecule has 1 atom stereocenters. The first kappa shape index (κ1) is 9.21. The monoisotopic (exact) mass is 191 g/mol. The van der Waals surface area contributed by atoms with E-state index in [1.165, 1.54) is 11.1 Å². The van der Waals surface area contributed by atoms with Crippen molar-refractivity contribution in [3.05, 3.63) is 34.9 Å². The van der Waals surface area contributed by atoms with E-state index < -0.39 is 5.97 Å². The maximum Gasteiger partial charge on any atom is 0.307 e. The third kappa shape index (κ3) is 1.77. The minimum absolute atomic E-state index is 0.0997. The van der Waals surface area contributed by atoms with Crippen molar-refractivity contribution >= 4 is 5.97 Å². The van der Waals surface area contributed by atoms with E-state index >= 15 is 0 Å². The van der Waals surface area contributed by atoms with Crippen LogP contribution in [0.15, 0.2) is 18.2 Å². The topological polar surface area (TPSA) is 63.3 Å². The second kappa shape index (κ2) is 3.42. The van der Waals surface area contributed by atoms with Gasteiger partial charge in [0.1, 0.15) is 0 Å². The standard InChI is InChI=1S/C11H13NO2/c12-10-5-8-2-1-7(4-11(13)14)3-9(8)6-10/h1-3,10H,4-6,12H2,(H,13,14). The Morgan fingerprint density at radius 2 is 2.14 bits per heavy atom. The van der Waals surface area contributed by atoms with Crippen molar-refractivity contribution in [2.24, 2.45) is 5.73 Å². The molecule has 0 bridgehead atoms. The summed E-state index contributed by atoms with van der Waals surface area (Å²) in [6.07, 6.45) is 1.90. The number of carboxylic acid groups (broad SMARTS) is 1. The van der Waals surface area contributed by atoms with Gasteiger partial charge in [-0.2, -0.15) is 0 Å². The van der Waals surface area contributed by atoms with Gasteiger partial charge in [0.2, 0.25) is 0 Å². The lowest BCUT2D eigenvalue weighted by Gasteiger charge is -2.01. The molecule has 0 aliphatic heterocycles. The molecule has 1 aliphatic carbocycles. The third-order valence-corrected chi connectivity index (χ3v) is 2.59. The molecule has 1 aromatic carbocycles. The molecule has 0 fully saturated rings. The first-order valence-corrected chi connectivity index (χ1v) is 4.73. The van der Waals surface area contributed by atoms with Crippen molar-refractivity contribution in [2.75, 3.05) is 0 Å². The Morgan fingerprint density at radius 3 is 2.86 bits per heavy atom. The lowest BCUT2D eigenvalue weighted by atomic mass is 10.0. The molecule has 1 aliphatic rings. The quantitative estimate of drug-likeness (QED) is 0.724. The van der Waals surface area contributed by atoms with Crippen molar-refractivity contribution in [3.8, 4) is 0 Å². The predicted molar refractivity (Wildman–Crippen MR) is 53.2 cm³/mol. The summed E-state index contributed by atoms with van der Waals surface area (Å²) in [5.41, 5.74) is 9.17. The van der Waals surface area contributed by atoms with E-state index in [1.54, 1.807) is 0 Å². The Hall–Kier alpha value is -1.35. The van der Waals surface area contributed by atoms with E-state index in [0.717, 1.165) is 18.4 Å². The number of carboxylic acids is 1. The fourth-order valence-corrected chi connectivity index (χ4v) is 1.99. The van der Waals surface area contributed by atoms with Gasteiger partial charge >= 0.3 is 5.97 Å². The summed E-state index contributed by atoms with van der Waals surface area (Å²) in [6, 6.07) is 6.06. The summed E-state index contributed by atoms with van der Waals surface area (Å²) in [7, 11) is 0. The Morgan fingerprint density at radius 1 is 1.43 bits per heavy atom. The van der Waals surface area contributed by atoms with Crippen molar-refractivity contribution < 1.29 is 9.90 Å². The first-order chi connectivity index (χ1) is 6.65. The zero-order chi connectivity index (χ0) is 10.1. The molecule has 2 rings (SSSR count). The Balaban J connectivity index is 2.24. The maximum atomic E-state index is 10.5. The van der Waals surface area contributed by atoms with Crippen LogP contribution in [0.3, 0.4) is 0 Å². The van der Waals surface area contributed by atoms with Crippen LogP contribution in [0.1, 0.15) is 16.7 Å². The van der Waals surface area contributed by atoms with Crippen molar-refractivity contribution in [1.82, 2.24) is 0 Å². The van der Waals surface area contributed by atoms with E-state index in [0.29, 0.717) is 0 Å². The van der Waals surface area contributed by atoms with Crippen LogP contribution in [-0.2, 0) is 24.1 Å². The Labute approximate surface area is 82.5 Å². The van der Waals surface area contributed by atoms with Gasteiger partial charge in [0.25, 0.3) is 0 Å². The van der Waals surface area contributed by atoms with E-state index in [2.05, 4.69) is 0 Å². The van der Waals surface area contributed by atoms with Gasteiger partial charge < -0.3 is 10.8 Å². The number of nitrogens with two attached hydrogens (primary N) is 1. The minimum atomic E-state index is -0.785. The van der Waals surface area contributed by atoms with Crippen LogP contribution >= 0.6 is 0 Å². The van der Waals surface area contributed by atoms with E-state index in [1.807, 2.05) is 18.2 Å². The molecule has 0 amide bonds. The number of benzene rings is 1. The summed E-state index contributed by atoms with van der Waals surface area (Å²) in [4.78, 5) is 10.5. The van der Waals surface area contributed by atoms with Gasteiger partial charge in [-0.15, -0.1) is 0 Å². The molecule has 0 saturated carbocycles. The van der Waals surface area contributed by atoms with Gasteiger partial charge in [0.15, 0.2) is 0 Å². The molecule has 1 aromatic rings. The highest BCUT2D eigenvalue weighted by molar-refractivity contribution is 5.70. The first-order valence-electron chi connectivity index (χ1n) is 4.73. The molecule has 1 unspecified atom stereocenters. The number of fused-ring (bicyclic) bond motifs is 1. The van der Waals surface area contributed by atoms with Gasteiger partial charge in [-0.3, -0.25) is 4.79 Å². The molecule has 3 nitrogen and oxygen atoms in total. The van der Waals surface area contributed by atoms with Gasteiger partial charge in [-0.05, 0) is 29.5 Å². The minimum Gasteiger partial charge on any atom is -0.481 e. The maximum absolute atomic E-state index is 10.5. The van der Waals surface area contributed by atoms with Crippen LogP contribution in [0.2, 0.25) is 0 Å². The van der Waals surface area contributed by atoms with E-state index in [-0.39, 0.29) is 12.5 Å². The average Bonchev–Trinajstić information content (AvgIpc) is 2.42. The van der Waals surface area contributed by atoms with Crippen LogP contribution in [0, 0.1) is 0 Å². The Bertz CT molecular complexity index is 374. The largest absolute Gasteiger partial charge is 0.481 e. The average molecular weight is 191 g/mol.